The van der Waals surface area contributed by atoms with Gasteiger partial charge in [-0.3, -0.25) is 14.5 Å². The van der Waals surface area contributed by atoms with Gasteiger partial charge in [-0.1, -0.05) is 20.3 Å². The normalized spacial score (nSPS) is 14.1. The summed E-state index contributed by atoms with van der Waals surface area (Å²) in [5, 5.41) is 2.88. The zero-order valence-electron chi connectivity index (χ0n) is 12.2. The first-order chi connectivity index (χ1) is 8.43. The van der Waals surface area contributed by atoms with Crippen LogP contribution in [0.5, 0.6) is 0 Å². The molecule has 0 aromatic rings. The SMILES string of the molecule is CCCCNC(=O)C(C)N(C)CC(C)C(=O)OC. The number of methoxy groups -OCH3 is 1. The average molecular weight is 258 g/mol. The van der Waals surface area contributed by atoms with Gasteiger partial charge in [-0.15, -0.1) is 0 Å². The van der Waals surface area contributed by atoms with Crippen molar-refractivity contribution >= 4 is 11.9 Å². The number of nitrogens with zero attached hydrogens (tertiary/aromatic N) is 1. The summed E-state index contributed by atoms with van der Waals surface area (Å²) in [7, 11) is 3.21. The van der Waals surface area contributed by atoms with Crippen LogP contribution in [-0.2, 0) is 14.3 Å². The maximum absolute atomic E-state index is 11.8. The second-order valence-electron chi connectivity index (χ2n) is 4.68. The van der Waals surface area contributed by atoms with E-state index in [2.05, 4.69) is 17.0 Å². The van der Waals surface area contributed by atoms with E-state index < -0.39 is 0 Å². The molecule has 5 heteroatoms. The Labute approximate surface area is 110 Å². The van der Waals surface area contributed by atoms with Crippen molar-refractivity contribution in [1.29, 1.82) is 0 Å². The lowest BCUT2D eigenvalue weighted by molar-refractivity contribution is -0.146. The van der Waals surface area contributed by atoms with E-state index in [9.17, 15) is 9.59 Å². The molecular weight excluding hydrogens is 232 g/mol. The van der Waals surface area contributed by atoms with Gasteiger partial charge in [0.2, 0.25) is 5.91 Å². The molecule has 0 heterocycles. The number of esters is 1. The van der Waals surface area contributed by atoms with Crippen LogP contribution in [0.15, 0.2) is 0 Å². The quantitative estimate of drug-likeness (QED) is 0.522. The molecule has 0 saturated heterocycles. The maximum Gasteiger partial charge on any atom is 0.309 e. The summed E-state index contributed by atoms with van der Waals surface area (Å²) in [5.74, 6) is -0.477. The molecule has 2 atom stereocenters. The number of carbonyl (C=O) groups excluding carboxylic acids is 2. The Hall–Kier alpha value is -1.10. The van der Waals surface area contributed by atoms with Crippen LogP contribution in [0.1, 0.15) is 33.6 Å². The number of carbonyl (C=O) groups is 2. The molecule has 0 saturated carbocycles. The van der Waals surface area contributed by atoms with Crippen molar-refractivity contribution in [3.05, 3.63) is 0 Å². The van der Waals surface area contributed by atoms with Gasteiger partial charge in [-0.2, -0.15) is 0 Å². The van der Waals surface area contributed by atoms with Crippen LogP contribution in [-0.4, -0.2) is 50.1 Å². The van der Waals surface area contributed by atoms with Gasteiger partial charge in [-0.25, -0.2) is 0 Å². The first-order valence-electron chi connectivity index (χ1n) is 6.49. The number of hydrogen-bond acceptors (Lipinski definition) is 4. The Balaban J connectivity index is 4.12. The Bertz CT molecular complexity index is 269. The zero-order chi connectivity index (χ0) is 14.1. The minimum atomic E-state index is -0.250. The van der Waals surface area contributed by atoms with Gasteiger partial charge in [0.25, 0.3) is 0 Å². The molecule has 0 bridgehead atoms. The molecular formula is C13H26N2O3. The van der Waals surface area contributed by atoms with E-state index >= 15 is 0 Å². The molecule has 0 radical (unpaired) electrons. The van der Waals surface area contributed by atoms with E-state index in [1.807, 2.05) is 18.9 Å². The number of likely N-dealkylation sites (N-methyl/N-ethyl adjacent to an activating group) is 1. The largest absolute Gasteiger partial charge is 0.469 e. The molecule has 0 aliphatic rings. The highest BCUT2D eigenvalue weighted by molar-refractivity contribution is 5.81. The van der Waals surface area contributed by atoms with Crippen LogP contribution < -0.4 is 5.32 Å². The third-order valence-corrected chi connectivity index (χ3v) is 3.04. The lowest BCUT2D eigenvalue weighted by Gasteiger charge is -2.25. The average Bonchev–Trinajstić information content (AvgIpc) is 2.36. The van der Waals surface area contributed by atoms with Gasteiger partial charge in [0.15, 0.2) is 0 Å². The van der Waals surface area contributed by atoms with E-state index in [1.165, 1.54) is 7.11 Å². The second-order valence-corrected chi connectivity index (χ2v) is 4.68. The number of amides is 1. The highest BCUT2D eigenvalue weighted by Crippen LogP contribution is 2.04. The number of hydrogen-bond donors (Lipinski definition) is 1. The third-order valence-electron chi connectivity index (χ3n) is 3.04. The molecule has 0 aliphatic carbocycles. The van der Waals surface area contributed by atoms with Crippen molar-refractivity contribution in [2.45, 2.75) is 39.7 Å². The standard InChI is InChI=1S/C13H26N2O3/c1-6-7-8-14-12(16)11(3)15(4)9-10(2)13(17)18-5/h10-11H,6-9H2,1-5H3,(H,14,16). The summed E-state index contributed by atoms with van der Waals surface area (Å²) in [6, 6.07) is -0.242. The van der Waals surface area contributed by atoms with Gasteiger partial charge < -0.3 is 10.1 Å². The zero-order valence-corrected chi connectivity index (χ0v) is 12.2. The van der Waals surface area contributed by atoms with Crippen molar-refractivity contribution in [1.82, 2.24) is 10.2 Å². The van der Waals surface area contributed by atoms with Crippen LogP contribution in [0.25, 0.3) is 0 Å². The van der Waals surface area contributed by atoms with E-state index in [0.29, 0.717) is 13.1 Å². The number of rotatable bonds is 8. The molecule has 2 unspecified atom stereocenters. The van der Waals surface area contributed by atoms with Crippen LogP contribution in [0.2, 0.25) is 0 Å². The first-order valence-corrected chi connectivity index (χ1v) is 6.49. The smallest absolute Gasteiger partial charge is 0.309 e. The van der Waals surface area contributed by atoms with Crippen molar-refractivity contribution in [3.63, 3.8) is 0 Å². The van der Waals surface area contributed by atoms with Crippen LogP contribution in [0, 0.1) is 5.92 Å². The first kappa shape index (κ1) is 16.9. The molecule has 1 N–H and O–H groups in total. The molecule has 18 heavy (non-hydrogen) atoms. The highest BCUT2D eigenvalue weighted by atomic mass is 16.5. The Morgan fingerprint density at radius 2 is 1.94 bits per heavy atom. The van der Waals surface area contributed by atoms with Crippen LogP contribution in [0.4, 0.5) is 0 Å². The summed E-state index contributed by atoms with van der Waals surface area (Å²) in [6.45, 7) is 6.93. The second kappa shape index (κ2) is 8.91. The Morgan fingerprint density at radius 3 is 2.44 bits per heavy atom. The Kier molecular flexibility index (Phi) is 8.37. The van der Waals surface area contributed by atoms with E-state index in [1.54, 1.807) is 6.92 Å². The van der Waals surface area contributed by atoms with E-state index in [0.717, 1.165) is 12.8 Å². The summed E-state index contributed by atoms with van der Waals surface area (Å²) in [6.07, 6.45) is 2.05. The third kappa shape index (κ3) is 6.00. The maximum atomic E-state index is 11.8. The molecule has 0 spiro atoms. The number of nitrogens with one attached hydrogen (secondary N) is 1. The van der Waals surface area contributed by atoms with Crippen LogP contribution in [0.3, 0.4) is 0 Å². The Morgan fingerprint density at radius 1 is 1.33 bits per heavy atom. The van der Waals surface area contributed by atoms with Crippen LogP contribution >= 0.6 is 0 Å². The number of ether oxygens (including phenoxy) is 1. The molecule has 0 rings (SSSR count). The predicted octanol–water partition coefficient (Wildman–Crippen LogP) is 1.03. The van der Waals surface area contributed by atoms with Crippen molar-refractivity contribution in [2.75, 3.05) is 27.2 Å². The van der Waals surface area contributed by atoms with E-state index in [4.69, 9.17) is 0 Å². The summed E-state index contributed by atoms with van der Waals surface area (Å²) < 4.78 is 4.67. The molecule has 0 aliphatic heterocycles. The molecule has 0 aromatic heterocycles. The fourth-order valence-corrected chi connectivity index (χ4v) is 1.60. The molecule has 1 amide bonds. The highest BCUT2D eigenvalue weighted by Gasteiger charge is 2.22. The van der Waals surface area contributed by atoms with Gasteiger partial charge in [0, 0.05) is 13.1 Å². The molecule has 0 aromatic carbocycles. The molecule has 5 nitrogen and oxygen atoms in total. The fraction of sp³-hybridized carbons (Fsp3) is 0.846. The topological polar surface area (TPSA) is 58.6 Å². The molecule has 106 valence electrons. The van der Waals surface area contributed by atoms with Gasteiger partial charge in [0.05, 0.1) is 19.1 Å². The van der Waals surface area contributed by atoms with Crippen molar-refractivity contribution in [2.24, 2.45) is 5.92 Å². The number of unbranched alkanes of at least 4 members (excludes halogenated alkanes) is 1. The lowest BCUT2D eigenvalue weighted by atomic mass is 10.1. The summed E-state index contributed by atoms with van der Waals surface area (Å²) in [4.78, 5) is 25.0. The minimum Gasteiger partial charge on any atom is -0.469 e. The van der Waals surface area contributed by atoms with E-state index in [-0.39, 0.29) is 23.8 Å². The minimum absolute atomic E-state index is 0.00279. The van der Waals surface area contributed by atoms with Gasteiger partial charge in [-0.05, 0) is 20.4 Å². The fourth-order valence-electron chi connectivity index (χ4n) is 1.60. The van der Waals surface area contributed by atoms with Gasteiger partial charge in [0.1, 0.15) is 0 Å². The van der Waals surface area contributed by atoms with Gasteiger partial charge >= 0.3 is 5.97 Å². The van der Waals surface area contributed by atoms with Crippen molar-refractivity contribution < 1.29 is 14.3 Å². The molecule has 0 fully saturated rings. The lowest BCUT2D eigenvalue weighted by Crippen LogP contribution is -2.45. The predicted molar refractivity (Wildman–Crippen MR) is 71.2 cm³/mol. The summed E-state index contributed by atoms with van der Waals surface area (Å²) in [5.41, 5.74) is 0. The van der Waals surface area contributed by atoms with Crippen molar-refractivity contribution in [3.8, 4) is 0 Å². The summed E-state index contributed by atoms with van der Waals surface area (Å²) >= 11 is 0. The monoisotopic (exact) mass is 258 g/mol.